The van der Waals surface area contributed by atoms with Crippen LogP contribution in [0.15, 0.2) is 24.3 Å². The average molecular weight is 262 g/mol. The van der Waals surface area contributed by atoms with Crippen molar-refractivity contribution >= 4 is 0 Å². The number of fused-ring (bicyclic) bond motifs is 2. The van der Waals surface area contributed by atoms with Crippen LogP contribution in [0.25, 0.3) is 0 Å². The van der Waals surface area contributed by atoms with Crippen molar-refractivity contribution in [1.82, 2.24) is 0 Å². The Labute approximate surface area is 114 Å². The lowest BCUT2D eigenvalue weighted by atomic mass is 9.69. The molecule has 2 fully saturated rings. The van der Waals surface area contributed by atoms with Crippen LogP contribution in [0.1, 0.15) is 38.2 Å². The number of aliphatic hydroxyl groups is 2. The maximum absolute atomic E-state index is 11.1. The molecule has 3 rings (SSSR count). The summed E-state index contributed by atoms with van der Waals surface area (Å²) in [5.41, 5.74) is -0.301. The van der Waals surface area contributed by atoms with Crippen molar-refractivity contribution in [1.29, 1.82) is 0 Å². The largest absolute Gasteiger partial charge is 0.497 e. The van der Waals surface area contributed by atoms with Gasteiger partial charge in [-0.15, -0.1) is 0 Å². The minimum Gasteiger partial charge on any atom is -0.497 e. The van der Waals surface area contributed by atoms with Gasteiger partial charge >= 0.3 is 0 Å². The predicted octanol–water partition coefficient (Wildman–Crippen LogP) is 2.25. The van der Waals surface area contributed by atoms with Crippen molar-refractivity contribution in [2.75, 3.05) is 13.7 Å². The summed E-state index contributed by atoms with van der Waals surface area (Å²) in [7, 11) is 1.65. The van der Waals surface area contributed by atoms with Gasteiger partial charge in [-0.05, 0) is 48.8 Å². The second-order valence-corrected chi connectivity index (χ2v) is 6.39. The maximum atomic E-state index is 11.1. The van der Waals surface area contributed by atoms with E-state index < -0.39 is 5.60 Å². The van der Waals surface area contributed by atoms with Crippen LogP contribution in [0.4, 0.5) is 0 Å². The maximum Gasteiger partial charge on any atom is 0.118 e. The number of aliphatic hydroxyl groups excluding tert-OH is 1. The number of hydrogen-bond donors (Lipinski definition) is 2. The molecular formula is C16H22O3. The van der Waals surface area contributed by atoms with Gasteiger partial charge in [0, 0.05) is 5.41 Å². The Morgan fingerprint density at radius 3 is 2.16 bits per heavy atom. The summed E-state index contributed by atoms with van der Waals surface area (Å²) < 4.78 is 5.20. The van der Waals surface area contributed by atoms with Gasteiger partial charge in [-0.1, -0.05) is 19.1 Å². The van der Waals surface area contributed by atoms with E-state index in [2.05, 4.69) is 6.92 Å². The molecule has 104 valence electrons. The highest BCUT2D eigenvalue weighted by Gasteiger charge is 2.69. The van der Waals surface area contributed by atoms with E-state index in [1.165, 1.54) is 0 Å². The smallest absolute Gasteiger partial charge is 0.118 e. The van der Waals surface area contributed by atoms with Gasteiger partial charge in [0.1, 0.15) is 11.4 Å². The molecule has 0 aliphatic heterocycles. The molecule has 19 heavy (non-hydrogen) atoms. The molecule has 2 N–H and O–H groups in total. The van der Waals surface area contributed by atoms with E-state index in [0.717, 1.165) is 37.0 Å². The second kappa shape index (κ2) is 3.97. The molecule has 0 unspecified atom stereocenters. The number of rotatable bonds is 3. The van der Waals surface area contributed by atoms with E-state index >= 15 is 0 Å². The molecule has 3 heteroatoms. The van der Waals surface area contributed by atoms with Crippen molar-refractivity contribution < 1.29 is 14.9 Å². The Morgan fingerprint density at radius 1 is 1.11 bits per heavy atom. The first kappa shape index (κ1) is 12.9. The average Bonchev–Trinajstić information content (AvgIpc) is 2.82. The standard InChI is InChI=1S/C16H22O3/c1-14-7-9-15(10-8-14,16(14,18)11-17)12-3-5-13(19-2)6-4-12/h3-6,17-18H,7-11H2,1-2H3/t14?,15?,16-/m1/s1. The molecule has 0 heterocycles. The molecule has 2 bridgehead atoms. The normalized spacial score (nSPS) is 40.6. The third kappa shape index (κ3) is 1.40. The third-order valence-electron chi connectivity index (χ3n) is 5.87. The molecule has 1 aromatic carbocycles. The summed E-state index contributed by atoms with van der Waals surface area (Å²) in [6, 6.07) is 7.96. The van der Waals surface area contributed by atoms with E-state index in [-0.39, 0.29) is 17.4 Å². The van der Waals surface area contributed by atoms with Crippen LogP contribution in [-0.2, 0) is 5.41 Å². The van der Waals surface area contributed by atoms with Crippen LogP contribution < -0.4 is 4.74 Å². The van der Waals surface area contributed by atoms with Crippen LogP contribution in [0.2, 0.25) is 0 Å². The highest BCUT2D eigenvalue weighted by atomic mass is 16.5. The monoisotopic (exact) mass is 262 g/mol. The Hall–Kier alpha value is -1.06. The molecule has 0 saturated heterocycles. The topological polar surface area (TPSA) is 49.7 Å². The van der Waals surface area contributed by atoms with E-state index in [1.807, 2.05) is 24.3 Å². The molecule has 3 nitrogen and oxygen atoms in total. The van der Waals surface area contributed by atoms with Crippen molar-refractivity contribution in [3.8, 4) is 5.75 Å². The molecule has 2 aliphatic carbocycles. The lowest BCUT2D eigenvalue weighted by molar-refractivity contribution is -0.0990. The fraction of sp³-hybridized carbons (Fsp3) is 0.625. The van der Waals surface area contributed by atoms with Crippen LogP contribution in [0.3, 0.4) is 0 Å². The number of ether oxygens (including phenoxy) is 1. The van der Waals surface area contributed by atoms with E-state index in [9.17, 15) is 10.2 Å². The second-order valence-electron chi connectivity index (χ2n) is 6.39. The van der Waals surface area contributed by atoms with Crippen LogP contribution in [0.5, 0.6) is 5.75 Å². The molecule has 0 amide bonds. The summed E-state index contributed by atoms with van der Waals surface area (Å²) in [5.74, 6) is 0.825. The molecular weight excluding hydrogens is 240 g/mol. The van der Waals surface area contributed by atoms with Gasteiger partial charge in [-0.25, -0.2) is 0 Å². The van der Waals surface area contributed by atoms with Crippen LogP contribution in [0, 0.1) is 5.41 Å². The lowest BCUT2D eigenvalue weighted by Gasteiger charge is -2.41. The third-order valence-corrected chi connectivity index (χ3v) is 5.87. The fourth-order valence-corrected chi connectivity index (χ4v) is 4.41. The van der Waals surface area contributed by atoms with E-state index in [0.29, 0.717) is 0 Å². The first-order valence-electron chi connectivity index (χ1n) is 6.99. The molecule has 0 spiro atoms. The Kier molecular flexibility index (Phi) is 2.70. The molecule has 1 aromatic rings. The Bertz CT molecular complexity index is 471. The zero-order valence-electron chi connectivity index (χ0n) is 11.6. The van der Waals surface area contributed by atoms with Gasteiger partial charge in [0.2, 0.25) is 0 Å². The first-order chi connectivity index (χ1) is 9.01. The predicted molar refractivity (Wildman–Crippen MR) is 73.3 cm³/mol. The summed E-state index contributed by atoms with van der Waals surface area (Å²) in [6.45, 7) is 1.96. The SMILES string of the molecule is COc1ccc(C23CCC(C)(CC2)[C@]3(O)CO)cc1. The highest BCUT2D eigenvalue weighted by Crippen LogP contribution is 2.67. The van der Waals surface area contributed by atoms with Gasteiger partial charge in [0.15, 0.2) is 0 Å². The summed E-state index contributed by atoms with van der Waals surface area (Å²) in [6.07, 6.45) is 3.87. The van der Waals surface area contributed by atoms with Crippen molar-refractivity contribution in [3.05, 3.63) is 29.8 Å². The summed E-state index contributed by atoms with van der Waals surface area (Å²) >= 11 is 0. The Balaban J connectivity index is 2.07. The van der Waals surface area contributed by atoms with Crippen molar-refractivity contribution in [2.45, 2.75) is 43.6 Å². The van der Waals surface area contributed by atoms with Gasteiger partial charge in [0.05, 0.1) is 13.7 Å². The molecule has 0 aromatic heterocycles. The van der Waals surface area contributed by atoms with Gasteiger partial charge in [-0.2, -0.15) is 0 Å². The summed E-state index contributed by atoms with van der Waals surface area (Å²) in [5, 5.41) is 20.9. The fourth-order valence-electron chi connectivity index (χ4n) is 4.41. The number of hydrogen-bond acceptors (Lipinski definition) is 3. The van der Waals surface area contributed by atoms with E-state index in [4.69, 9.17) is 4.74 Å². The summed E-state index contributed by atoms with van der Waals surface area (Å²) in [4.78, 5) is 0. The Morgan fingerprint density at radius 2 is 1.68 bits per heavy atom. The minimum absolute atomic E-state index is 0.151. The lowest BCUT2D eigenvalue weighted by Crippen LogP contribution is -2.52. The van der Waals surface area contributed by atoms with Crippen molar-refractivity contribution in [2.24, 2.45) is 5.41 Å². The molecule has 1 atom stereocenters. The number of benzene rings is 1. The van der Waals surface area contributed by atoms with Gasteiger partial charge in [0.25, 0.3) is 0 Å². The number of methoxy groups -OCH3 is 1. The molecule has 2 aliphatic rings. The molecule has 0 radical (unpaired) electrons. The first-order valence-corrected chi connectivity index (χ1v) is 6.99. The van der Waals surface area contributed by atoms with Gasteiger partial charge in [-0.3, -0.25) is 0 Å². The van der Waals surface area contributed by atoms with Gasteiger partial charge < -0.3 is 14.9 Å². The van der Waals surface area contributed by atoms with Crippen molar-refractivity contribution in [3.63, 3.8) is 0 Å². The highest BCUT2D eigenvalue weighted by molar-refractivity contribution is 5.40. The zero-order chi connectivity index (χ0) is 13.7. The van der Waals surface area contributed by atoms with E-state index in [1.54, 1.807) is 7.11 Å². The van der Waals surface area contributed by atoms with Crippen LogP contribution >= 0.6 is 0 Å². The minimum atomic E-state index is -0.991. The molecule has 2 saturated carbocycles. The van der Waals surface area contributed by atoms with Crippen LogP contribution in [-0.4, -0.2) is 29.5 Å². The zero-order valence-corrected chi connectivity index (χ0v) is 11.6. The quantitative estimate of drug-likeness (QED) is 0.878.